The van der Waals surface area contributed by atoms with E-state index in [0.717, 1.165) is 16.2 Å². The molecule has 192 valence electrons. The second kappa shape index (κ2) is 14.5. The Morgan fingerprint density at radius 1 is 1.00 bits per heavy atom. The monoisotopic (exact) mass is 528 g/mol. The van der Waals surface area contributed by atoms with Crippen molar-refractivity contribution < 1.29 is 23.5 Å². The zero-order chi connectivity index (χ0) is 25.8. The topological polar surface area (TPSA) is 97.6 Å². The SMILES string of the molecule is CC(C)C[C@H](NC(=O)OCc1ccccc1)C(=O)N[C@@H](Cc1cccs1)C(=O)CSCc1ccco1. The molecule has 0 saturated carbocycles. The molecule has 2 N–H and O–H groups in total. The molecule has 7 nitrogen and oxygen atoms in total. The number of ketones is 1. The molecule has 2 aromatic heterocycles. The molecular formula is C27H32N2O5S2. The Morgan fingerprint density at radius 3 is 2.47 bits per heavy atom. The number of thioether (sulfide) groups is 1. The van der Waals surface area contributed by atoms with Crippen LogP contribution >= 0.6 is 23.1 Å². The normalized spacial score (nSPS) is 12.6. The summed E-state index contributed by atoms with van der Waals surface area (Å²) in [6.45, 7) is 4.04. The molecule has 2 amide bonds. The Labute approximate surface area is 220 Å². The van der Waals surface area contributed by atoms with E-state index in [-0.39, 0.29) is 24.1 Å². The molecular weight excluding hydrogens is 496 g/mol. The maximum absolute atomic E-state index is 13.2. The molecule has 0 unspecified atom stereocenters. The van der Waals surface area contributed by atoms with Crippen molar-refractivity contribution in [2.75, 3.05) is 5.75 Å². The summed E-state index contributed by atoms with van der Waals surface area (Å²) in [7, 11) is 0. The standard InChI is InChI=1S/C27H32N2O5S2/c1-19(2)14-24(29-27(32)34-16-20-8-4-3-5-9-20)26(31)28-23(15-22-11-7-13-36-22)25(30)18-35-17-21-10-6-12-33-21/h3-13,19,23-24H,14-18H2,1-2H3,(H,28,31)(H,29,32)/t23-,24-/m0/s1. The molecule has 0 spiro atoms. The van der Waals surface area contributed by atoms with E-state index >= 15 is 0 Å². The van der Waals surface area contributed by atoms with Gasteiger partial charge in [0.15, 0.2) is 5.78 Å². The van der Waals surface area contributed by atoms with Crippen LogP contribution < -0.4 is 10.6 Å². The Bertz CT molecular complexity index is 1070. The number of nitrogens with one attached hydrogen (secondary N) is 2. The Balaban J connectivity index is 1.60. The van der Waals surface area contributed by atoms with Crippen molar-refractivity contribution in [2.24, 2.45) is 5.92 Å². The summed E-state index contributed by atoms with van der Waals surface area (Å²) in [6.07, 6.45) is 1.75. The summed E-state index contributed by atoms with van der Waals surface area (Å²) in [6, 6.07) is 15.3. The van der Waals surface area contributed by atoms with Crippen LogP contribution in [0.2, 0.25) is 0 Å². The maximum atomic E-state index is 13.2. The van der Waals surface area contributed by atoms with Crippen LogP contribution in [0, 0.1) is 5.92 Å². The van der Waals surface area contributed by atoms with Gasteiger partial charge in [-0.15, -0.1) is 23.1 Å². The van der Waals surface area contributed by atoms with Crippen molar-refractivity contribution in [1.82, 2.24) is 10.6 Å². The number of Topliss-reactive ketones (excluding diaryl/α,β-unsaturated/α-hetero) is 1. The number of amides is 2. The summed E-state index contributed by atoms with van der Waals surface area (Å²) < 4.78 is 10.6. The molecule has 0 fully saturated rings. The molecule has 2 heterocycles. The Kier molecular flexibility index (Phi) is 11.1. The molecule has 9 heteroatoms. The van der Waals surface area contributed by atoms with Crippen LogP contribution in [0.1, 0.15) is 36.5 Å². The van der Waals surface area contributed by atoms with E-state index in [0.29, 0.717) is 18.6 Å². The van der Waals surface area contributed by atoms with E-state index in [9.17, 15) is 14.4 Å². The van der Waals surface area contributed by atoms with Crippen LogP contribution in [0.3, 0.4) is 0 Å². The number of benzene rings is 1. The van der Waals surface area contributed by atoms with Gasteiger partial charge in [-0.3, -0.25) is 9.59 Å². The molecule has 0 aliphatic rings. The number of hydrogen-bond donors (Lipinski definition) is 2. The van der Waals surface area contributed by atoms with Crippen molar-refractivity contribution >= 4 is 40.9 Å². The van der Waals surface area contributed by atoms with Crippen LogP contribution in [0.5, 0.6) is 0 Å². The van der Waals surface area contributed by atoms with Gasteiger partial charge in [0.1, 0.15) is 18.4 Å². The average molecular weight is 529 g/mol. The van der Waals surface area contributed by atoms with Crippen molar-refractivity contribution in [1.29, 1.82) is 0 Å². The fraction of sp³-hybridized carbons (Fsp3) is 0.370. The first-order valence-electron chi connectivity index (χ1n) is 11.8. The van der Waals surface area contributed by atoms with Gasteiger partial charge in [0, 0.05) is 11.3 Å². The van der Waals surface area contributed by atoms with Gasteiger partial charge in [-0.1, -0.05) is 50.2 Å². The number of carbonyl (C=O) groups excluding carboxylic acids is 3. The first-order chi connectivity index (χ1) is 17.4. The molecule has 3 aromatic rings. The summed E-state index contributed by atoms with van der Waals surface area (Å²) in [5.74, 6) is 1.27. The lowest BCUT2D eigenvalue weighted by Gasteiger charge is -2.23. The quantitative estimate of drug-likeness (QED) is 0.298. The minimum Gasteiger partial charge on any atom is -0.468 e. The molecule has 0 aliphatic carbocycles. The summed E-state index contributed by atoms with van der Waals surface area (Å²) in [5, 5.41) is 7.52. The predicted molar refractivity (Wildman–Crippen MR) is 143 cm³/mol. The highest BCUT2D eigenvalue weighted by atomic mass is 32.2. The largest absolute Gasteiger partial charge is 0.468 e. The van der Waals surface area contributed by atoms with Gasteiger partial charge in [0.2, 0.25) is 5.91 Å². The maximum Gasteiger partial charge on any atom is 0.408 e. The summed E-state index contributed by atoms with van der Waals surface area (Å²) in [5.41, 5.74) is 0.853. The minimum atomic E-state index is -0.817. The molecule has 1 aromatic carbocycles. The van der Waals surface area contributed by atoms with Gasteiger partial charge < -0.3 is 19.8 Å². The Hall–Kier alpha value is -3.04. The van der Waals surface area contributed by atoms with Crippen LogP contribution in [0.25, 0.3) is 0 Å². The van der Waals surface area contributed by atoms with E-state index in [2.05, 4.69) is 10.6 Å². The molecule has 3 rings (SSSR count). The minimum absolute atomic E-state index is 0.0803. The second-order valence-corrected chi connectivity index (χ2v) is 10.8. The van der Waals surface area contributed by atoms with Crippen LogP contribution in [-0.2, 0) is 33.1 Å². The van der Waals surface area contributed by atoms with Gasteiger partial charge in [-0.05, 0) is 41.5 Å². The van der Waals surface area contributed by atoms with Crippen molar-refractivity contribution in [3.8, 4) is 0 Å². The predicted octanol–water partition coefficient (Wildman–Crippen LogP) is 5.21. The zero-order valence-corrected chi connectivity index (χ0v) is 22.1. The number of furan rings is 1. The molecule has 0 radical (unpaired) electrons. The van der Waals surface area contributed by atoms with Crippen LogP contribution in [0.15, 0.2) is 70.7 Å². The smallest absolute Gasteiger partial charge is 0.408 e. The number of alkyl carbamates (subject to hydrolysis) is 1. The summed E-state index contributed by atoms with van der Waals surface area (Å²) >= 11 is 2.98. The lowest BCUT2D eigenvalue weighted by molar-refractivity contribution is -0.128. The van der Waals surface area contributed by atoms with Crippen molar-refractivity contribution in [2.45, 2.75) is 51.1 Å². The van der Waals surface area contributed by atoms with Gasteiger partial charge >= 0.3 is 6.09 Å². The summed E-state index contributed by atoms with van der Waals surface area (Å²) in [4.78, 5) is 39.8. The zero-order valence-electron chi connectivity index (χ0n) is 20.5. The van der Waals surface area contributed by atoms with Crippen molar-refractivity contribution in [3.63, 3.8) is 0 Å². The number of hydrogen-bond acceptors (Lipinski definition) is 7. The lowest BCUT2D eigenvalue weighted by Crippen LogP contribution is -2.53. The van der Waals surface area contributed by atoms with Gasteiger partial charge in [0.25, 0.3) is 0 Å². The molecule has 2 atom stereocenters. The van der Waals surface area contributed by atoms with Gasteiger partial charge in [-0.25, -0.2) is 4.79 Å². The third-order valence-corrected chi connectivity index (χ3v) is 7.16. The van der Waals surface area contributed by atoms with Gasteiger partial charge in [0.05, 0.1) is 23.8 Å². The van der Waals surface area contributed by atoms with E-state index in [1.54, 1.807) is 6.26 Å². The third-order valence-electron chi connectivity index (χ3n) is 5.29. The first kappa shape index (κ1) is 27.5. The van der Waals surface area contributed by atoms with E-state index in [1.807, 2.05) is 73.8 Å². The molecule has 0 aliphatic heterocycles. The van der Waals surface area contributed by atoms with Gasteiger partial charge in [-0.2, -0.15) is 0 Å². The Morgan fingerprint density at radius 2 is 1.81 bits per heavy atom. The highest BCUT2D eigenvalue weighted by Gasteiger charge is 2.28. The van der Waals surface area contributed by atoms with Crippen LogP contribution in [-0.4, -0.2) is 35.6 Å². The number of rotatable bonds is 14. The highest BCUT2D eigenvalue weighted by molar-refractivity contribution is 7.99. The highest BCUT2D eigenvalue weighted by Crippen LogP contribution is 2.17. The molecule has 0 saturated heterocycles. The number of thiophene rings is 1. The first-order valence-corrected chi connectivity index (χ1v) is 13.9. The van der Waals surface area contributed by atoms with E-state index < -0.39 is 24.1 Å². The number of carbonyl (C=O) groups is 3. The fourth-order valence-electron chi connectivity index (χ4n) is 3.51. The third kappa shape index (κ3) is 9.54. The van der Waals surface area contributed by atoms with Crippen molar-refractivity contribution in [3.05, 3.63) is 82.4 Å². The van der Waals surface area contributed by atoms with E-state index in [4.69, 9.17) is 9.15 Å². The number of ether oxygens (including phenoxy) is 1. The molecule has 36 heavy (non-hydrogen) atoms. The average Bonchev–Trinajstić information content (AvgIpc) is 3.57. The lowest BCUT2D eigenvalue weighted by atomic mass is 10.0. The second-order valence-electron chi connectivity index (χ2n) is 8.77. The van der Waals surface area contributed by atoms with Crippen LogP contribution in [0.4, 0.5) is 4.79 Å². The molecule has 0 bridgehead atoms. The fourth-order valence-corrected chi connectivity index (χ4v) is 5.13. The van der Waals surface area contributed by atoms with E-state index in [1.165, 1.54) is 23.1 Å².